The van der Waals surface area contributed by atoms with E-state index in [2.05, 4.69) is 62.2 Å². The van der Waals surface area contributed by atoms with E-state index in [4.69, 9.17) is 4.52 Å². The number of anilines is 1. The lowest BCUT2D eigenvalue weighted by Crippen LogP contribution is -2.51. The van der Waals surface area contributed by atoms with Gasteiger partial charge in [-0.3, -0.25) is 4.90 Å². The second kappa shape index (κ2) is 7.30. The molecule has 7 heteroatoms. The molecule has 0 unspecified atom stereocenters. The van der Waals surface area contributed by atoms with Crippen molar-refractivity contribution in [2.24, 2.45) is 0 Å². The highest BCUT2D eigenvalue weighted by atomic mass is 16.5. The zero-order chi connectivity index (χ0) is 19.8. The van der Waals surface area contributed by atoms with E-state index in [1.54, 1.807) is 12.4 Å². The molecule has 0 bridgehead atoms. The molecule has 5 rings (SSSR count). The monoisotopic (exact) mass is 386 g/mol. The van der Waals surface area contributed by atoms with Crippen molar-refractivity contribution < 1.29 is 4.52 Å². The Labute approximate surface area is 169 Å². The van der Waals surface area contributed by atoms with Crippen LogP contribution in [0.5, 0.6) is 0 Å². The predicted octanol–water partition coefficient (Wildman–Crippen LogP) is 3.34. The van der Waals surface area contributed by atoms with Crippen molar-refractivity contribution in [2.75, 3.05) is 24.5 Å². The number of aromatic nitrogens is 3. The van der Waals surface area contributed by atoms with Gasteiger partial charge in [-0.15, -0.1) is 0 Å². The Morgan fingerprint density at radius 1 is 1.14 bits per heavy atom. The lowest BCUT2D eigenvalue weighted by atomic mass is 10.1. The molecule has 0 radical (unpaired) electrons. The molecule has 0 aliphatic carbocycles. The molecule has 146 valence electrons. The maximum Gasteiger partial charge on any atom is 0.183 e. The molecule has 4 heterocycles. The maximum absolute atomic E-state index is 9.33. The molecule has 2 aliphatic rings. The van der Waals surface area contributed by atoms with Crippen LogP contribution >= 0.6 is 0 Å². The first-order chi connectivity index (χ1) is 14.2. The summed E-state index contributed by atoms with van der Waals surface area (Å²) in [7, 11) is 0. The van der Waals surface area contributed by atoms with Crippen LogP contribution in [0, 0.1) is 18.3 Å². The predicted molar refractivity (Wildman–Crippen MR) is 108 cm³/mol. The third-order valence-electron chi connectivity index (χ3n) is 5.96. The first kappa shape index (κ1) is 17.8. The van der Waals surface area contributed by atoms with Gasteiger partial charge in [-0.25, -0.2) is 9.97 Å². The Bertz CT molecular complexity index is 1070. The fourth-order valence-corrected chi connectivity index (χ4v) is 4.58. The van der Waals surface area contributed by atoms with Crippen LogP contribution in [-0.4, -0.2) is 45.7 Å². The Morgan fingerprint density at radius 3 is 2.90 bits per heavy atom. The van der Waals surface area contributed by atoms with E-state index in [-0.39, 0.29) is 6.04 Å². The Hall–Kier alpha value is -3.24. The first-order valence-electron chi connectivity index (χ1n) is 9.98. The van der Waals surface area contributed by atoms with Crippen LogP contribution in [-0.2, 0) is 0 Å². The van der Waals surface area contributed by atoms with Crippen molar-refractivity contribution in [3.63, 3.8) is 0 Å². The van der Waals surface area contributed by atoms with Gasteiger partial charge in [0.2, 0.25) is 0 Å². The average molecular weight is 386 g/mol. The number of nitriles is 1. The normalized spacial score (nSPS) is 21.7. The third-order valence-corrected chi connectivity index (χ3v) is 5.96. The minimum absolute atomic E-state index is 0.279. The number of hydrogen-bond acceptors (Lipinski definition) is 7. The zero-order valence-corrected chi connectivity index (χ0v) is 16.3. The minimum Gasteiger partial charge on any atom is -0.356 e. The number of benzene rings is 1. The summed E-state index contributed by atoms with van der Waals surface area (Å²) in [6.45, 7) is 4.66. The standard InChI is InChI=1S/C22H22N6O/c1-15-3-2-4-16(11-15)21-12-18(26-29-21)20-6-5-17-14-27(9-10-28(17)20)22-19(13-23)24-7-8-25-22/h2-4,7-8,11-12,17,20H,5-6,9-10,14H2,1H3/t17-,20+/m1/s1. The van der Waals surface area contributed by atoms with Crippen molar-refractivity contribution >= 4 is 5.82 Å². The lowest BCUT2D eigenvalue weighted by Gasteiger charge is -2.40. The van der Waals surface area contributed by atoms with Gasteiger partial charge in [0.15, 0.2) is 17.3 Å². The Morgan fingerprint density at radius 2 is 2.03 bits per heavy atom. The molecule has 0 amide bonds. The van der Waals surface area contributed by atoms with Crippen LogP contribution < -0.4 is 4.90 Å². The number of nitrogens with zero attached hydrogens (tertiary/aromatic N) is 6. The molecule has 29 heavy (non-hydrogen) atoms. The minimum atomic E-state index is 0.279. The summed E-state index contributed by atoms with van der Waals surface area (Å²) in [5, 5.41) is 13.7. The van der Waals surface area contributed by atoms with Crippen LogP contribution in [0.25, 0.3) is 11.3 Å². The highest BCUT2D eigenvalue weighted by Crippen LogP contribution is 2.39. The van der Waals surface area contributed by atoms with Gasteiger partial charge in [0.1, 0.15) is 11.8 Å². The average Bonchev–Trinajstić information content (AvgIpc) is 3.40. The lowest BCUT2D eigenvalue weighted by molar-refractivity contribution is 0.170. The topological polar surface area (TPSA) is 82.1 Å². The second-order valence-corrected chi connectivity index (χ2v) is 7.76. The SMILES string of the molecule is Cc1cccc(-c2cc([C@@H]3CC[C@@H]4CN(c5nccnc5C#N)CCN43)no2)c1. The molecule has 2 saturated heterocycles. The summed E-state index contributed by atoms with van der Waals surface area (Å²) < 4.78 is 5.68. The van der Waals surface area contributed by atoms with Crippen LogP contribution in [0.2, 0.25) is 0 Å². The maximum atomic E-state index is 9.33. The number of rotatable bonds is 3. The van der Waals surface area contributed by atoms with Gasteiger partial charge in [0.25, 0.3) is 0 Å². The second-order valence-electron chi connectivity index (χ2n) is 7.76. The molecule has 2 fully saturated rings. The summed E-state index contributed by atoms with van der Waals surface area (Å²) in [6.07, 6.45) is 5.38. The summed E-state index contributed by atoms with van der Waals surface area (Å²) in [5.74, 6) is 1.52. The van der Waals surface area contributed by atoms with Gasteiger partial charge in [-0.05, 0) is 25.8 Å². The number of aryl methyl sites for hydroxylation is 1. The van der Waals surface area contributed by atoms with Gasteiger partial charge < -0.3 is 9.42 Å². The molecule has 2 aliphatic heterocycles. The highest BCUT2D eigenvalue weighted by molar-refractivity contribution is 5.58. The van der Waals surface area contributed by atoms with Crippen molar-refractivity contribution in [2.45, 2.75) is 31.8 Å². The van der Waals surface area contributed by atoms with Crippen molar-refractivity contribution in [1.29, 1.82) is 5.26 Å². The Balaban J connectivity index is 1.33. The first-order valence-corrected chi connectivity index (χ1v) is 9.98. The van der Waals surface area contributed by atoms with Gasteiger partial charge in [-0.2, -0.15) is 5.26 Å². The van der Waals surface area contributed by atoms with E-state index >= 15 is 0 Å². The van der Waals surface area contributed by atoms with Gasteiger partial charge in [0, 0.05) is 49.7 Å². The fraction of sp³-hybridized carbons (Fsp3) is 0.364. The van der Waals surface area contributed by atoms with Crippen molar-refractivity contribution in [3.05, 3.63) is 59.7 Å². The molecule has 2 aromatic heterocycles. The summed E-state index contributed by atoms with van der Waals surface area (Å²) >= 11 is 0. The quantitative estimate of drug-likeness (QED) is 0.683. The largest absolute Gasteiger partial charge is 0.356 e. The molecular formula is C22H22N6O. The number of hydrogen-bond donors (Lipinski definition) is 0. The van der Waals surface area contributed by atoms with Gasteiger partial charge in [-0.1, -0.05) is 28.9 Å². The van der Waals surface area contributed by atoms with Crippen molar-refractivity contribution in [3.8, 4) is 17.4 Å². The summed E-state index contributed by atoms with van der Waals surface area (Å²) in [6, 6.07) is 13.2. The number of fused-ring (bicyclic) bond motifs is 1. The van der Waals surface area contributed by atoms with Crippen LogP contribution in [0.1, 0.15) is 35.8 Å². The van der Waals surface area contributed by atoms with Crippen LogP contribution in [0.4, 0.5) is 5.82 Å². The van der Waals surface area contributed by atoms with Crippen LogP contribution in [0.3, 0.4) is 0 Å². The van der Waals surface area contributed by atoms with Crippen molar-refractivity contribution in [1.82, 2.24) is 20.0 Å². The van der Waals surface area contributed by atoms with E-state index in [1.807, 2.05) is 6.07 Å². The molecule has 0 saturated carbocycles. The van der Waals surface area contributed by atoms with E-state index in [1.165, 1.54) is 5.56 Å². The fourth-order valence-electron chi connectivity index (χ4n) is 4.58. The highest BCUT2D eigenvalue weighted by Gasteiger charge is 2.40. The molecular weight excluding hydrogens is 364 g/mol. The molecule has 2 atom stereocenters. The Kier molecular flexibility index (Phi) is 4.49. The smallest absolute Gasteiger partial charge is 0.183 e. The molecule has 3 aromatic rings. The molecule has 0 N–H and O–H groups in total. The van der Waals surface area contributed by atoms with Crippen LogP contribution in [0.15, 0.2) is 47.2 Å². The van der Waals surface area contributed by atoms with E-state index in [9.17, 15) is 5.26 Å². The molecule has 0 spiro atoms. The van der Waals surface area contributed by atoms with Gasteiger partial charge >= 0.3 is 0 Å². The molecule has 7 nitrogen and oxygen atoms in total. The van der Waals surface area contributed by atoms with E-state index in [0.29, 0.717) is 17.6 Å². The third kappa shape index (κ3) is 3.26. The molecule has 1 aromatic carbocycles. The summed E-state index contributed by atoms with van der Waals surface area (Å²) in [4.78, 5) is 13.3. The summed E-state index contributed by atoms with van der Waals surface area (Å²) in [5.41, 5.74) is 3.68. The van der Waals surface area contributed by atoms with E-state index in [0.717, 1.165) is 49.5 Å². The zero-order valence-electron chi connectivity index (χ0n) is 16.3. The number of piperazine rings is 1. The van der Waals surface area contributed by atoms with E-state index < -0.39 is 0 Å². The van der Waals surface area contributed by atoms with Gasteiger partial charge in [0.05, 0.1) is 6.04 Å².